The zero-order valence-electron chi connectivity index (χ0n) is 14.4. The highest BCUT2D eigenvalue weighted by Crippen LogP contribution is 2.28. The zero-order chi connectivity index (χ0) is 18.6. The number of pyridine rings is 2. The van der Waals surface area contributed by atoms with Gasteiger partial charge in [-0.25, -0.2) is 14.9 Å². The van der Waals surface area contributed by atoms with Crippen molar-refractivity contribution >= 4 is 5.91 Å². The van der Waals surface area contributed by atoms with Crippen LogP contribution < -0.4 is 10.5 Å². The number of ether oxygens (including phenoxy) is 1. The summed E-state index contributed by atoms with van der Waals surface area (Å²) in [7, 11) is 0. The van der Waals surface area contributed by atoms with Crippen molar-refractivity contribution in [2.24, 2.45) is 0 Å². The molecule has 1 aliphatic rings. The van der Waals surface area contributed by atoms with Gasteiger partial charge in [0.25, 0.3) is 5.91 Å². The van der Waals surface area contributed by atoms with Gasteiger partial charge in [-0.1, -0.05) is 0 Å². The predicted octanol–water partition coefficient (Wildman–Crippen LogP) is 1.96. The van der Waals surface area contributed by atoms with Gasteiger partial charge in [-0.15, -0.1) is 5.10 Å². The van der Waals surface area contributed by atoms with Gasteiger partial charge < -0.3 is 14.1 Å². The largest absolute Gasteiger partial charge is 0.437 e. The number of amides is 1. The number of aromatic amines is 1. The van der Waals surface area contributed by atoms with Gasteiger partial charge in [0.2, 0.25) is 11.8 Å². The number of H-pyrrole nitrogens is 1. The van der Waals surface area contributed by atoms with E-state index in [1.54, 1.807) is 47.8 Å². The summed E-state index contributed by atoms with van der Waals surface area (Å²) in [5.41, 5.74) is 0.366. The molecule has 9 heteroatoms. The Labute approximate surface area is 154 Å². The van der Waals surface area contributed by atoms with E-state index in [2.05, 4.69) is 20.2 Å². The highest BCUT2D eigenvalue weighted by molar-refractivity contribution is 5.96. The molecule has 0 aromatic carbocycles. The Hall–Kier alpha value is -3.49. The molecule has 1 unspecified atom stereocenters. The summed E-state index contributed by atoms with van der Waals surface area (Å²) in [4.78, 5) is 34.2. The Morgan fingerprint density at radius 3 is 2.96 bits per heavy atom. The van der Waals surface area contributed by atoms with Gasteiger partial charge in [-0.3, -0.25) is 9.78 Å². The number of nitrogens with zero attached hydrogens (tertiary/aromatic N) is 4. The van der Waals surface area contributed by atoms with Gasteiger partial charge in [-0.05, 0) is 37.1 Å². The molecule has 1 aliphatic heterocycles. The van der Waals surface area contributed by atoms with Gasteiger partial charge >= 0.3 is 5.76 Å². The molecule has 3 aromatic heterocycles. The van der Waals surface area contributed by atoms with Crippen LogP contribution in [0.25, 0.3) is 0 Å². The van der Waals surface area contributed by atoms with Gasteiger partial charge in [0.15, 0.2) is 0 Å². The molecule has 0 radical (unpaired) electrons. The molecule has 1 atom stereocenters. The van der Waals surface area contributed by atoms with Crippen molar-refractivity contribution in [3.63, 3.8) is 0 Å². The first-order valence-electron chi connectivity index (χ1n) is 8.58. The third kappa shape index (κ3) is 3.71. The molecule has 3 aromatic rings. The first kappa shape index (κ1) is 17.0. The van der Waals surface area contributed by atoms with Crippen LogP contribution in [0.3, 0.4) is 0 Å². The molecule has 27 heavy (non-hydrogen) atoms. The van der Waals surface area contributed by atoms with E-state index in [-0.39, 0.29) is 17.7 Å². The number of rotatable bonds is 4. The molecule has 0 saturated carbocycles. The van der Waals surface area contributed by atoms with Crippen LogP contribution in [-0.4, -0.2) is 44.1 Å². The predicted molar refractivity (Wildman–Crippen MR) is 93.6 cm³/mol. The summed E-state index contributed by atoms with van der Waals surface area (Å²) in [6.07, 6.45) is 6.34. The van der Waals surface area contributed by atoms with E-state index >= 15 is 0 Å². The molecule has 0 aliphatic carbocycles. The van der Waals surface area contributed by atoms with Crippen molar-refractivity contribution in [2.75, 3.05) is 13.1 Å². The molecule has 1 N–H and O–H groups in total. The average Bonchev–Trinajstić information content (AvgIpc) is 3.15. The second-order valence-electron chi connectivity index (χ2n) is 6.19. The first-order valence-corrected chi connectivity index (χ1v) is 8.58. The molecule has 138 valence electrons. The summed E-state index contributed by atoms with van der Waals surface area (Å²) in [6.45, 7) is 1.01. The van der Waals surface area contributed by atoms with Gasteiger partial charge in [0, 0.05) is 25.5 Å². The minimum atomic E-state index is -0.590. The van der Waals surface area contributed by atoms with Crippen molar-refractivity contribution in [1.29, 1.82) is 0 Å². The van der Waals surface area contributed by atoms with Crippen LogP contribution in [0.4, 0.5) is 0 Å². The minimum absolute atomic E-state index is 0.124. The lowest BCUT2D eigenvalue weighted by atomic mass is 9.97. The summed E-state index contributed by atoms with van der Waals surface area (Å²) >= 11 is 0. The number of nitrogens with one attached hydrogen (secondary N) is 1. The molecule has 4 rings (SSSR count). The molecular weight excluding hydrogens is 350 g/mol. The van der Waals surface area contributed by atoms with E-state index in [0.717, 1.165) is 12.8 Å². The van der Waals surface area contributed by atoms with Crippen molar-refractivity contribution in [2.45, 2.75) is 18.8 Å². The number of aromatic nitrogens is 4. The molecule has 1 fully saturated rings. The molecule has 0 spiro atoms. The Morgan fingerprint density at radius 2 is 2.19 bits per heavy atom. The number of carbonyl (C=O) groups is 1. The quantitative estimate of drug-likeness (QED) is 0.749. The summed E-state index contributed by atoms with van der Waals surface area (Å²) in [5, 5.41) is 6.16. The SMILES string of the molecule is O=C(c1cccnc1Oc1cccnc1)N1CCCC(c2n[nH]c(=O)o2)C1. The number of likely N-dealkylation sites (tertiary alicyclic amines) is 1. The monoisotopic (exact) mass is 367 g/mol. The van der Waals surface area contributed by atoms with Crippen LogP contribution in [0.15, 0.2) is 52.1 Å². The maximum absolute atomic E-state index is 13.1. The second-order valence-corrected chi connectivity index (χ2v) is 6.19. The van der Waals surface area contributed by atoms with Gasteiger partial charge in [-0.2, -0.15) is 0 Å². The van der Waals surface area contributed by atoms with Crippen molar-refractivity contribution in [3.8, 4) is 11.6 Å². The lowest BCUT2D eigenvalue weighted by Gasteiger charge is -2.31. The molecule has 1 amide bonds. The van der Waals surface area contributed by atoms with Gasteiger partial charge in [0.05, 0.1) is 12.1 Å². The minimum Gasteiger partial charge on any atom is -0.437 e. The van der Waals surface area contributed by atoms with E-state index in [0.29, 0.717) is 30.3 Å². The Balaban J connectivity index is 1.55. The van der Waals surface area contributed by atoms with Crippen molar-refractivity contribution in [1.82, 2.24) is 25.1 Å². The fourth-order valence-corrected chi connectivity index (χ4v) is 3.10. The summed E-state index contributed by atoms with van der Waals surface area (Å²) in [6, 6.07) is 6.86. The molecule has 0 bridgehead atoms. The van der Waals surface area contributed by atoms with Crippen LogP contribution in [0.2, 0.25) is 0 Å². The first-order chi connectivity index (χ1) is 13.2. The van der Waals surface area contributed by atoms with E-state index in [1.165, 1.54) is 0 Å². The second kappa shape index (κ2) is 7.40. The van der Waals surface area contributed by atoms with Crippen molar-refractivity contribution < 1.29 is 13.9 Å². The number of carbonyl (C=O) groups excluding carboxylic acids is 1. The highest BCUT2D eigenvalue weighted by Gasteiger charge is 2.30. The molecule has 4 heterocycles. The van der Waals surface area contributed by atoms with Crippen molar-refractivity contribution in [3.05, 3.63) is 64.9 Å². The topological polar surface area (TPSA) is 114 Å². The van der Waals surface area contributed by atoms with Crippen LogP contribution in [0.5, 0.6) is 11.6 Å². The molecule has 1 saturated heterocycles. The van der Waals surface area contributed by atoms with E-state index < -0.39 is 5.76 Å². The maximum atomic E-state index is 13.1. The van der Waals surface area contributed by atoms with Gasteiger partial charge in [0.1, 0.15) is 11.3 Å². The number of hydrogen-bond donors (Lipinski definition) is 1. The third-order valence-corrected chi connectivity index (χ3v) is 4.36. The Morgan fingerprint density at radius 1 is 1.30 bits per heavy atom. The third-order valence-electron chi connectivity index (χ3n) is 4.36. The van der Waals surface area contributed by atoms with Crippen LogP contribution in [0, 0.1) is 0 Å². The number of hydrogen-bond acceptors (Lipinski definition) is 7. The number of piperidine rings is 1. The van der Waals surface area contributed by atoms with Crippen LogP contribution in [0.1, 0.15) is 35.0 Å². The fraction of sp³-hybridized carbons (Fsp3) is 0.278. The fourth-order valence-electron chi connectivity index (χ4n) is 3.10. The lowest BCUT2D eigenvalue weighted by Crippen LogP contribution is -2.39. The van der Waals surface area contributed by atoms with Crippen LogP contribution >= 0.6 is 0 Å². The zero-order valence-corrected chi connectivity index (χ0v) is 14.4. The highest BCUT2D eigenvalue weighted by atomic mass is 16.5. The molecular formula is C18H17N5O4. The van der Waals surface area contributed by atoms with E-state index in [4.69, 9.17) is 9.15 Å². The maximum Gasteiger partial charge on any atom is 0.434 e. The van der Waals surface area contributed by atoms with Crippen LogP contribution in [-0.2, 0) is 0 Å². The van der Waals surface area contributed by atoms with E-state index in [1.807, 2.05) is 0 Å². The Kier molecular flexibility index (Phi) is 4.65. The normalized spacial score (nSPS) is 16.9. The average molecular weight is 367 g/mol. The summed E-state index contributed by atoms with van der Waals surface area (Å²) < 4.78 is 10.8. The smallest absolute Gasteiger partial charge is 0.434 e. The lowest BCUT2D eigenvalue weighted by molar-refractivity contribution is 0.0694. The molecule has 9 nitrogen and oxygen atoms in total. The standard InChI is InChI=1S/C18H17N5O4/c24-17(23-9-3-4-12(11-23)15-21-22-18(25)27-15)14-6-2-8-20-16(14)26-13-5-1-7-19-10-13/h1-2,5-8,10,12H,3-4,9,11H2,(H,22,25). The van der Waals surface area contributed by atoms with E-state index in [9.17, 15) is 9.59 Å². The Bertz CT molecular complexity index is 984. The summed E-state index contributed by atoms with van der Waals surface area (Å²) in [5.74, 6) is 0.151.